The van der Waals surface area contributed by atoms with E-state index in [0.29, 0.717) is 0 Å². The Morgan fingerprint density at radius 1 is 0.581 bits per heavy atom. The maximum absolute atomic E-state index is 13.5. The highest BCUT2D eigenvalue weighted by Gasteiger charge is 2.93. The lowest BCUT2D eigenvalue weighted by Gasteiger charge is -2.41. The molecule has 0 aliphatic heterocycles. The summed E-state index contributed by atoms with van der Waals surface area (Å²) in [4.78, 5) is 0.999. The van der Waals surface area contributed by atoms with Crippen LogP contribution in [0.4, 0.5) is 70.2 Å². The minimum absolute atomic E-state index is 0.0464. The molecule has 0 atom stereocenters. The minimum Gasteiger partial charge on any atom is -0.300 e. The Hall–Kier alpha value is -1.42. The first-order valence-corrected chi connectivity index (χ1v) is 7.83. The van der Waals surface area contributed by atoms with Crippen molar-refractivity contribution in [3.8, 4) is 0 Å². The van der Waals surface area contributed by atoms with Gasteiger partial charge in [0.05, 0.1) is 0 Å². The van der Waals surface area contributed by atoms with Gasteiger partial charge in [-0.15, -0.1) is 0 Å². The Balaban J connectivity index is 6.47. The zero-order valence-corrected chi connectivity index (χ0v) is 15.2. The normalized spacial score (nSPS) is 16.3. The molecule has 0 aliphatic rings. The third-order valence-corrected chi connectivity index (χ3v) is 4.05. The number of hydrogen-bond acceptors (Lipinski definition) is 1. The van der Waals surface area contributed by atoms with E-state index in [1.54, 1.807) is 0 Å². The second-order valence-corrected chi connectivity index (χ2v) is 5.98. The van der Waals surface area contributed by atoms with Gasteiger partial charge in [0.15, 0.2) is 5.83 Å². The summed E-state index contributed by atoms with van der Waals surface area (Å²) in [6, 6.07) is 0. The molecule has 0 aromatic carbocycles. The van der Waals surface area contributed by atoms with Gasteiger partial charge in [0.1, 0.15) is 0 Å². The fourth-order valence-corrected chi connectivity index (χ4v) is 1.94. The summed E-state index contributed by atoms with van der Waals surface area (Å²) in [6.07, 6.45) is -8.18. The van der Waals surface area contributed by atoms with Gasteiger partial charge < -0.3 is 4.90 Å². The highest BCUT2D eigenvalue weighted by Crippen LogP contribution is 2.63. The van der Waals surface area contributed by atoms with Crippen molar-refractivity contribution in [1.82, 2.24) is 4.90 Å². The molecule has 0 fully saturated rings. The Morgan fingerprint density at radius 2 is 0.903 bits per heavy atom. The predicted octanol–water partition coefficient (Wildman–Crippen LogP) is 6.56. The van der Waals surface area contributed by atoms with Crippen molar-refractivity contribution in [3.05, 3.63) is 11.9 Å². The Bertz CT molecular complexity index is 643. The molecule has 0 rings (SSSR count). The van der Waals surface area contributed by atoms with Crippen LogP contribution in [0.2, 0.25) is 0 Å². The molecule has 0 aliphatic carbocycles. The van der Waals surface area contributed by atoms with Gasteiger partial charge in [0, 0.05) is 6.54 Å². The standard InChI is InChI=1S/C14H13F16N/c1-3-31(4-2)6-5-7(15)8(16,17)9(18,19)10(20,21)11(22,23)12(24,25)13(26,27)14(28,29)30/h5H,3-4,6H2,1-2H3/b7-5-. The third kappa shape index (κ3) is 4.42. The first-order valence-electron chi connectivity index (χ1n) is 7.83. The van der Waals surface area contributed by atoms with E-state index >= 15 is 0 Å². The lowest BCUT2D eigenvalue weighted by Crippen LogP contribution is -2.72. The van der Waals surface area contributed by atoms with E-state index in [0.717, 1.165) is 4.90 Å². The van der Waals surface area contributed by atoms with Gasteiger partial charge in [-0.2, -0.15) is 65.9 Å². The maximum Gasteiger partial charge on any atom is 0.460 e. The van der Waals surface area contributed by atoms with E-state index in [-0.39, 0.29) is 13.1 Å². The zero-order chi connectivity index (χ0) is 25.5. The van der Waals surface area contributed by atoms with E-state index in [1.807, 2.05) is 0 Å². The molecule has 0 heterocycles. The molecule has 0 amide bonds. The van der Waals surface area contributed by atoms with Crippen molar-refractivity contribution < 1.29 is 70.2 Å². The molecule has 0 unspecified atom stereocenters. The van der Waals surface area contributed by atoms with Crippen molar-refractivity contribution >= 4 is 0 Å². The summed E-state index contributed by atoms with van der Waals surface area (Å²) in [7, 11) is 0. The van der Waals surface area contributed by atoms with Gasteiger partial charge in [0.25, 0.3) is 0 Å². The van der Waals surface area contributed by atoms with E-state index in [4.69, 9.17) is 0 Å². The van der Waals surface area contributed by atoms with Gasteiger partial charge in [0.2, 0.25) is 0 Å². The van der Waals surface area contributed by atoms with Gasteiger partial charge in [-0.3, -0.25) is 0 Å². The highest BCUT2D eigenvalue weighted by molar-refractivity contribution is 5.20. The van der Waals surface area contributed by atoms with Crippen LogP contribution in [-0.2, 0) is 0 Å². The van der Waals surface area contributed by atoms with Gasteiger partial charge in [-0.1, -0.05) is 13.8 Å². The summed E-state index contributed by atoms with van der Waals surface area (Å²) in [5.41, 5.74) is 0. The van der Waals surface area contributed by atoms with Gasteiger partial charge in [-0.25, -0.2) is 4.39 Å². The zero-order valence-electron chi connectivity index (χ0n) is 15.2. The molecule has 186 valence electrons. The van der Waals surface area contributed by atoms with Crippen molar-refractivity contribution in [2.45, 2.75) is 55.6 Å². The summed E-state index contributed by atoms with van der Waals surface area (Å²) in [6.45, 7) is 1.58. The van der Waals surface area contributed by atoms with Crippen LogP contribution in [0.15, 0.2) is 11.9 Å². The second kappa shape index (κ2) is 8.50. The van der Waals surface area contributed by atoms with E-state index in [9.17, 15) is 70.2 Å². The number of likely N-dealkylation sites (N-methyl/N-ethyl adjacent to an activating group) is 1. The number of halogens is 16. The van der Waals surface area contributed by atoms with Crippen LogP contribution in [0.5, 0.6) is 0 Å². The molecule has 0 N–H and O–H groups in total. The first kappa shape index (κ1) is 29.6. The lowest BCUT2D eigenvalue weighted by atomic mass is 9.90. The van der Waals surface area contributed by atoms with Crippen LogP contribution in [0, 0.1) is 0 Å². The second-order valence-electron chi connectivity index (χ2n) is 5.98. The smallest absolute Gasteiger partial charge is 0.300 e. The van der Waals surface area contributed by atoms with Gasteiger partial charge >= 0.3 is 41.7 Å². The van der Waals surface area contributed by atoms with Crippen LogP contribution in [-0.4, -0.2) is 66.2 Å². The molecular formula is C14H13F16N. The molecule has 0 saturated heterocycles. The summed E-state index contributed by atoms with van der Waals surface area (Å²) >= 11 is 0. The quantitative estimate of drug-likeness (QED) is 0.308. The molecule has 17 heteroatoms. The maximum atomic E-state index is 13.5. The van der Waals surface area contributed by atoms with Crippen LogP contribution in [0.25, 0.3) is 0 Å². The Morgan fingerprint density at radius 3 is 1.23 bits per heavy atom. The molecule has 31 heavy (non-hydrogen) atoms. The molecule has 0 radical (unpaired) electrons. The Labute approximate surface area is 163 Å². The fourth-order valence-electron chi connectivity index (χ4n) is 1.94. The van der Waals surface area contributed by atoms with Gasteiger partial charge in [-0.05, 0) is 19.2 Å². The van der Waals surface area contributed by atoms with E-state index < -0.39 is 60.2 Å². The number of rotatable bonds is 10. The summed E-state index contributed by atoms with van der Waals surface area (Å²) in [5, 5.41) is 0. The third-order valence-electron chi connectivity index (χ3n) is 4.05. The SMILES string of the molecule is CCN(CC)C/C=C(\F)C(F)(F)C(F)(F)C(F)(F)C(F)(F)C(F)(F)C(F)(F)C(F)(F)F. The van der Waals surface area contributed by atoms with Crippen molar-refractivity contribution in [2.24, 2.45) is 0 Å². The van der Waals surface area contributed by atoms with Crippen molar-refractivity contribution in [3.63, 3.8) is 0 Å². The van der Waals surface area contributed by atoms with Crippen LogP contribution in [0.1, 0.15) is 13.8 Å². The van der Waals surface area contributed by atoms with Crippen molar-refractivity contribution in [2.75, 3.05) is 19.6 Å². The van der Waals surface area contributed by atoms with Crippen LogP contribution >= 0.6 is 0 Å². The monoisotopic (exact) mass is 499 g/mol. The van der Waals surface area contributed by atoms with E-state index in [1.165, 1.54) is 13.8 Å². The predicted molar refractivity (Wildman–Crippen MR) is 72.7 cm³/mol. The topological polar surface area (TPSA) is 3.24 Å². The molecule has 1 nitrogen and oxygen atoms in total. The molecule has 0 aromatic rings. The summed E-state index contributed by atoms with van der Waals surface area (Å²) in [5.74, 6) is -51.5. The Kier molecular flexibility index (Phi) is 8.11. The average molecular weight is 499 g/mol. The number of nitrogens with zero attached hydrogens (tertiary/aromatic N) is 1. The molecule has 0 spiro atoms. The van der Waals surface area contributed by atoms with Crippen molar-refractivity contribution in [1.29, 1.82) is 0 Å². The van der Waals surface area contributed by atoms with Crippen LogP contribution < -0.4 is 0 Å². The molecule has 0 saturated carbocycles. The largest absolute Gasteiger partial charge is 0.460 e. The van der Waals surface area contributed by atoms with E-state index in [2.05, 4.69) is 0 Å². The molecular weight excluding hydrogens is 486 g/mol. The lowest BCUT2D eigenvalue weighted by molar-refractivity contribution is -0.450. The highest BCUT2D eigenvalue weighted by atomic mass is 19.4. The number of alkyl halides is 15. The average Bonchev–Trinajstić information content (AvgIpc) is 2.60. The first-order chi connectivity index (χ1) is 13.4. The summed E-state index contributed by atoms with van der Waals surface area (Å²) < 4.78 is 208. The minimum atomic E-state index is -8.43. The fraction of sp³-hybridized carbons (Fsp3) is 0.857. The number of allylic oxidation sites excluding steroid dienone is 1. The molecule has 0 bridgehead atoms. The molecule has 0 aromatic heterocycles. The van der Waals surface area contributed by atoms with Crippen LogP contribution in [0.3, 0.4) is 0 Å². The number of hydrogen-bond donors (Lipinski definition) is 0.